The molecule has 4 heterocycles. The highest BCUT2D eigenvalue weighted by molar-refractivity contribution is 6.07. The number of benzene rings is 2. The Balaban J connectivity index is 1.08. The smallest absolute Gasteiger partial charge is 0.272 e. The van der Waals surface area contributed by atoms with E-state index in [-0.39, 0.29) is 18.6 Å². The van der Waals surface area contributed by atoms with E-state index in [0.29, 0.717) is 34.7 Å². The number of likely N-dealkylation sites (N-methyl/N-ethyl adjacent to an activating group) is 1. The molecule has 0 unspecified atom stereocenters. The normalized spacial score (nSPS) is 19.9. The summed E-state index contributed by atoms with van der Waals surface area (Å²) in [7, 11) is 4.10. The number of anilines is 2. The van der Waals surface area contributed by atoms with Crippen LogP contribution in [0.5, 0.6) is 5.75 Å². The monoisotopic (exact) mass is 593 g/mol. The first-order valence-corrected chi connectivity index (χ1v) is 15.4. The molecule has 44 heavy (non-hydrogen) atoms. The van der Waals surface area contributed by atoms with Crippen molar-refractivity contribution in [3.05, 3.63) is 72.3 Å². The number of nitrogens with zero attached hydrogens (tertiary/aromatic N) is 7. The molecule has 5 aromatic rings. The summed E-state index contributed by atoms with van der Waals surface area (Å²) in [6.45, 7) is 4.73. The van der Waals surface area contributed by atoms with Crippen LogP contribution in [0.15, 0.2) is 60.9 Å². The number of fused-ring (bicyclic) bond motifs is 2. The van der Waals surface area contributed by atoms with E-state index in [9.17, 15) is 4.79 Å². The molecule has 1 aliphatic carbocycles. The summed E-state index contributed by atoms with van der Waals surface area (Å²) in [5, 5.41) is 9.79. The fraction of sp³-hybridized carbons (Fsp3) is 0.394. The minimum Gasteiger partial charge on any atom is -0.485 e. The lowest BCUT2D eigenvalue weighted by Crippen LogP contribution is -2.49. The van der Waals surface area contributed by atoms with Gasteiger partial charge in [0.1, 0.15) is 35.9 Å². The molecule has 3 N–H and O–H groups in total. The van der Waals surface area contributed by atoms with Crippen molar-refractivity contribution in [3.63, 3.8) is 0 Å². The van der Waals surface area contributed by atoms with Gasteiger partial charge in [-0.1, -0.05) is 30.3 Å². The van der Waals surface area contributed by atoms with Crippen LogP contribution < -0.4 is 15.8 Å². The molecule has 3 aromatic heterocycles. The molecule has 1 saturated heterocycles. The van der Waals surface area contributed by atoms with Crippen LogP contribution in [-0.4, -0.2) is 79.3 Å². The summed E-state index contributed by atoms with van der Waals surface area (Å²) in [5.74, 6) is 0.730. The van der Waals surface area contributed by atoms with Crippen LogP contribution in [-0.2, 0) is 13.7 Å². The number of amides is 1. The number of nitrogens with two attached hydrogens (primary N) is 1. The number of carbonyl (C=O) groups excluding carboxylic acids is 1. The van der Waals surface area contributed by atoms with Gasteiger partial charge in [0, 0.05) is 50.2 Å². The van der Waals surface area contributed by atoms with Crippen LogP contribution in [0.25, 0.3) is 21.9 Å². The van der Waals surface area contributed by atoms with E-state index in [4.69, 9.17) is 15.6 Å². The average Bonchev–Trinajstić information content (AvgIpc) is 3.60. The zero-order chi connectivity index (χ0) is 30.2. The second kappa shape index (κ2) is 11.9. The van der Waals surface area contributed by atoms with Crippen molar-refractivity contribution in [2.24, 2.45) is 7.05 Å². The minimum absolute atomic E-state index is 0.165. The van der Waals surface area contributed by atoms with Crippen LogP contribution >= 0.6 is 0 Å². The number of piperazine rings is 1. The van der Waals surface area contributed by atoms with Crippen LogP contribution in [0.1, 0.15) is 47.9 Å². The van der Waals surface area contributed by atoms with E-state index in [1.807, 2.05) is 70.9 Å². The molecule has 1 saturated carbocycles. The van der Waals surface area contributed by atoms with Crippen LogP contribution in [0.4, 0.5) is 11.5 Å². The predicted octanol–water partition coefficient (Wildman–Crippen LogP) is 4.46. The number of para-hydroxylation sites is 3. The third kappa shape index (κ3) is 5.37. The van der Waals surface area contributed by atoms with E-state index in [2.05, 4.69) is 32.1 Å². The number of aromatic nitrogens is 5. The summed E-state index contributed by atoms with van der Waals surface area (Å²) in [4.78, 5) is 27.3. The largest absolute Gasteiger partial charge is 0.485 e. The molecule has 0 atom stereocenters. The number of aryl methyl sites for hydroxylation is 1. The molecule has 11 heteroatoms. The first-order chi connectivity index (χ1) is 21.5. The zero-order valence-electron chi connectivity index (χ0n) is 25.3. The standard InChI is InChI=1S/C33H39N9O2/c1-39-15-17-41(18-16-39)23-11-13-24(14-12-23)42-32-30(31(34)35-21-36-32)26(38-42)20-44-29-10-6-4-8-25(29)37-33(43)28-19-22-7-3-5-9-27(22)40(28)2/h3-10,19,21,23-24H,11-18,20H2,1-2H3,(H,37,43)(H2,34,35,36). The van der Waals surface area contributed by atoms with Gasteiger partial charge in [-0.05, 0) is 57.0 Å². The molecule has 2 fully saturated rings. The third-order valence-electron chi connectivity index (χ3n) is 9.34. The van der Waals surface area contributed by atoms with Crippen molar-refractivity contribution in [2.75, 3.05) is 44.3 Å². The van der Waals surface area contributed by atoms with E-state index < -0.39 is 0 Å². The van der Waals surface area contributed by atoms with E-state index in [1.54, 1.807) is 0 Å². The van der Waals surface area contributed by atoms with Gasteiger partial charge in [0.05, 0.1) is 17.1 Å². The lowest BCUT2D eigenvalue weighted by molar-refractivity contribution is 0.0814. The molecular weight excluding hydrogens is 554 g/mol. The highest BCUT2D eigenvalue weighted by Crippen LogP contribution is 2.35. The Morgan fingerprint density at radius 1 is 0.955 bits per heavy atom. The first-order valence-electron chi connectivity index (χ1n) is 15.4. The fourth-order valence-corrected chi connectivity index (χ4v) is 6.81. The van der Waals surface area contributed by atoms with Gasteiger partial charge in [0.2, 0.25) is 0 Å². The van der Waals surface area contributed by atoms with Crippen molar-refractivity contribution in [2.45, 2.75) is 44.4 Å². The number of ether oxygens (including phenoxy) is 1. The summed E-state index contributed by atoms with van der Waals surface area (Å²) in [6, 6.07) is 18.1. The number of nitrogens with one attached hydrogen (secondary N) is 1. The van der Waals surface area contributed by atoms with Crippen LogP contribution in [0, 0.1) is 0 Å². The average molecular weight is 594 g/mol. The topological polar surface area (TPSA) is 119 Å². The Hall–Kier alpha value is -4.48. The van der Waals surface area contributed by atoms with E-state index in [1.165, 1.54) is 6.33 Å². The Kier molecular flexibility index (Phi) is 7.65. The van der Waals surface area contributed by atoms with Gasteiger partial charge in [0.15, 0.2) is 5.65 Å². The lowest BCUT2D eigenvalue weighted by atomic mass is 9.90. The summed E-state index contributed by atoms with van der Waals surface area (Å²) >= 11 is 0. The molecular formula is C33H39N9O2. The Morgan fingerprint density at radius 3 is 2.48 bits per heavy atom. The van der Waals surface area contributed by atoms with Gasteiger partial charge in [0.25, 0.3) is 5.91 Å². The van der Waals surface area contributed by atoms with E-state index in [0.717, 1.165) is 73.8 Å². The SMILES string of the molecule is CN1CCN(C2CCC(n3nc(COc4ccccc4NC(=O)c4cc5ccccc5n4C)c4c(N)ncnc43)CC2)CC1. The number of hydrogen-bond donors (Lipinski definition) is 2. The van der Waals surface area contributed by atoms with Gasteiger partial charge in [-0.3, -0.25) is 9.69 Å². The van der Waals surface area contributed by atoms with Crippen molar-refractivity contribution >= 4 is 39.3 Å². The highest BCUT2D eigenvalue weighted by atomic mass is 16.5. The van der Waals surface area contributed by atoms with Gasteiger partial charge in [-0.15, -0.1) is 0 Å². The van der Waals surface area contributed by atoms with Crippen molar-refractivity contribution in [1.29, 1.82) is 0 Å². The van der Waals surface area contributed by atoms with Gasteiger partial charge in [-0.2, -0.15) is 5.10 Å². The summed E-state index contributed by atoms with van der Waals surface area (Å²) in [5.41, 5.74) is 9.96. The first kappa shape index (κ1) is 28.3. The predicted molar refractivity (Wildman–Crippen MR) is 172 cm³/mol. The molecule has 7 rings (SSSR count). The molecule has 2 aromatic carbocycles. The summed E-state index contributed by atoms with van der Waals surface area (Å²) in [6.07, 6.45) is 5.88. The number of rotatable bonds is 7. The van der Waals surface area contributed by atoms with E-state index >= 15 is 0 Å². The molecule has 0 spiro atoms. The molecule has 1 aliphatic heterocycles. The number of carbonyl (C=O) groups is 1. The van der Waals surface area contributed by atoms with Crippen molar-refractivity contribution in [3.8, 4) is 5.75 Å². The molecule has 2 aliphatic rings. The third-order valence-corrected chi connectivity index (χ3v) is 9.34. The number of hydrogen-bond acceptors (Lipinski definition) is 8. The van der Waals surface area contributed by atoms with Crippen molar-refractivity contribution < 1.29 is 9.53 Å². The van der Waals surface area contributed by atoms with Crippen molar-refractivity contribution in [1.82, 2.24) is 34.1 Å². The quantitative estimate of drug-likeness (QED) is 0.284. The summed E-state index contributed by atoms with van der Waals surface area (Å²) < 4.78 is 10.2. The molecule has 11 nitrogen and oxygen atoms in total. The maximum absolute atomic E-state index is 13.3. The Bertz CT molecular complexity index is 1800. The lowest BCUT2D eigenvalue weighted by Gasteiger charge is -2.41. The molecule has 0 bridgehead atoms. The van der Waals surface area contributed by atoms with Gasteiger partial charge in [-0.25, -0.2) is 14.6 Å². The minimum atomic E-state index is -0.209. The van der Waals surface area contributed by atoms with Gasteiger partial charge >= 0.3 is 0 Å². The highest BCUT2D eigenvalue weighted by Gasteiger charge is 2.30. The maximum atomic E-state index is 13.3. The fourth-order valence-electron chi connectivity index (χ4n) is 6.81. The molecule has 1 amide bonds. The maximum Gasteiger partial charge on any atom is 0.272 e. The molecule has 0 radical (unpaired) electrons. The Labute approximate surface area is 256 Å². The van der Waals surface area contributed by atoms with Crippen LogP contribution in [0.3, 0.4) is 0 Å². The van der Waals surface area contributed by atoms with Crippen LogP contribution in [0.2, 0.25) is 0 Å². The van der Waals surface area contributed by atoms with Gasteiger partial charge < -0.3 is 25.3 Å². The zero-order valence-corrected chi connectivity index (χ0v) is 25.3. The Morgan fingerprint density at radius 2 is 1.68 bits per heavy atom. The molecule has 228 valence electrons. The second-order valence-corrected chi connectivity index (χ2v) is 12.0. The second-order valence-electron chi connectivity index (χ2n) is 12.0. The number of nitrogen functional groups attached to an aromatic ring is 1.